The van der Waals surface area contributed by atoms with E-state index >= 15 is 0 Å². The Hall–Kier alpha value is -2.42. The molecule has 9 heteroatoms. The molecule has 0 spiro atoms. The summed E-state index contributed by atoms with van der Waals surface area (Å²) in [6.07, 6.45) is 9.28. The zero-order chi connectivity index (χ0) is 27.6. The first kappa shape index (κ1) is 30.8. The smallest absolute Gasteiger partial charge is 0.331 e. The number of imide groups is 2. The lowest BCUT2D eigenvalue weighted by Crippen LogP contribution is -2.39. The van der Waals surface area contributed by atoms with Crippen LogP contribution in [0.4, 0.5) is 9.59 Å². The maximum atomic E-state index is 12.3. The molecule has 0 aromatic heterocycles. The van der Waals surface area contributed by atoms with Gasteiger partial charge in [0.05, 0.1) is 0 Å². The van der Waals surface area contributed by atoms with Crippen LogP contribution in [-0.2, 0) is 14.3 Å². The molecule has 0 bridgehead atoms. The summed E-state index contributed by atoms with van der Waals surface area (Å²) in [7, 11) is 0. The molecule has 2 heterocycles. The molecule has 2 rings (SSSR count). The van der Waals surface area contributed by atoms with Gasteiger partial charge in [-0.2, -0.15) is 0 Å². The van der Waals surface area contributed by atoms with Crippen molar-refractivity contribution in [3.05, 3.63) is 12.8 Å². The van der Waals surface area contributed by atoms with E-state index in [1.165, 1.54) is 20.9 Å². The van der Waals surface area contributed by atoms with Crippen LogP contribution in [0.1, 0.15) is 86.0 Å². The van der Waals surface area contributed by atoms with Gasteiger partial charge in [-0.05, 0) is 56.3 Å². The Labute approximate surface area is 223 Å². The minimum Gasteiger partial charge on any atom is -0.381 e. The molecule has 0 aliphatic carbocycles. The molecule has 2 fully saturated rings. The monoisotopic (exact) mass is 520 g/mol. The summed E-state index contributed by atoms with van der Waals surface area (Å²) in [5, 5.41) is 0. The zero-order valence-electron chi connectivity index (χ0n) is 23.7. The largest absolute Gasteiger partial charge is 0.381 e. The average molecular weight is 521 g/mol. The van der Waals surface area contributed by atoms with E-state index in [2.05, 4.69) is 34.3 Å². The lowest BCUT2D eigenvalue weighted by atomic mass is 9.82. The predicted molar refractivity (Wildman–Crippen MR) is 144 cm³/mol. The fourth-order valence-corrected chi connectivity index (χ4v) is 4.99. The lowest BCUT2D eigenvalue weighted by Gasteiger charge is -2.29. The van der Waals surface area contributed by atoms with Gasteiger partial charge in [-0.1, -0.05) is 47.1 Å². The van der Waals surface area contributed by atoms with Crippen LogP contribution in [0.3, 0.4) is 0 Å². The number of ether oxygens (including phenoxy) is 1. The van der Waals surface area contributed by atoms with Crippen molar-refractivity contribution in [1.29, 1.82) is 0 Å². The molecule has 0 aromatic carbocycles. The molecule has 0 aromatic rings. The van der Waals surface area contributed by atoms with Crippen molar-refractivity contribution in [1.82, 2.24) is 19.6 Å². The number of carbonyl (C=O) groups is 4. The third kappa shape index (κ3) is 9.43. The van der Waals surface area contributed by atoms with Crippen LogP contribution in [-0.4, -0.2) is 89.4 Å². The zero-order valence-corrected chi connectivity index (χ0v) is 23.7. The van der Waals surface area contributed by atoms with Crippen LogP contribution in [0.25, 0.3) is 0 Å². The van der Waals surface area contributed by atoms with Crippen molar-refractivity contribution < 1.29 is 23.9 Å². The van der Waals surface area contributed by atoms with E-state index in [9.17, 15) is 19.2 Å². The second kappa shape index (κ2) is 13.9. The van der Waals surface area contributed by atoms with E-state index in [1.54, 1.807) is 4.90 Å². The number of hydrogen-bond acceptors (Lipinski definition) is 5. The first-order chi connectivity index (χ1) is 17.4. The first-order valence-electron chi connectivity index (χ1n) is 13.8. The summed E-state index contributed by atoms with van der Waals surface area (Å²) in [6.45, 7) is 17.4. The molecule has 0 saturated carbocycles. The van der Waals surface area contributed by atoms with Gasteiger partial charge in [0.15, 0.2) is 0 Å². The Morgan fingerprint density at radius 2 is 1.35 bits per heavy atom. The molecule has 2 aliphatic rings. The molecule has 0 radical (unpaired) electrons. The summed E-state index contributed by atoms with van der Waals surface area (Å²) >= 11 is 0. The number of carbonyl (C=O) groups excluding carboxylic acids is 4. The Kier molecular flexibility index (Phi) is 11.6. The fraction of sp³-hybridized carbons (Fsp3) is 0.786. The van der Waals surface area contributed by atoms with Crippen LogP contribution >= 0.6 is 0 Å². The van der Waals surface area contributed by atoms with Crippen LogP contribution in [0, 0.1) is 10.8 Å². The number of rotatable bonds is 18. The molecular formula is C28H48N4O5. The van der Waals surface area contributed by atoms with Gasteiger partial charge in [-0.25, -0.2) is 9.59 Å². The lowest BCUT2D eigenvalue weighted by molar-refractivity contribution is -0.126. The summed E-state index contributed by atoms with van der Waals surface area (Å²) in [5.41, 5.74) is 0.0292. The number of hydrogen-bond donors (Lipinski definition) is 0. The van der Waals surface area contributed by atoms with Crippen molar-refractivity contribution in [2.24, 2.45) is 10.8 Å². The molecule has 2 aliphatic heterocycles. The molecule has 210 valence electrons. The fourth-order valence-electron chi connectivity index (χ4n) is 4.99. The van der Waals surface area contributed by atoms with Gasteiger partial charge in [0.1, 0.15) is 13.1 Å². The van der Waals surface area contributed by atoms with Crippen molar-refractivity contribution >= 4 is 23.9 Å². The van der Waals surface area contributed by atoms with Crippen LogP contribution in [0.5, 0.6) is 0 Å². The Morgan fingerprint density at radius 3 is 1.89 bits per heavy atom. The van der Waals surface area contributed by atoms with E-state index in [1.807, 2.05) is 6.92 Å². The van der Waals surface area contributed by atoms with E-state index in [0.717, 1.165) is 64.6 Å². The van der Waals surface area contributed by atoms with Gasteiger partial charge in [0.2, 0.25) is 5.91 Å². The van der Waals surface area contributed by atoms with Crippen molar-refractivity contribution in [3.63, 3.8) is 0 Å². The molecule has 0 unspecified atom stereocenters. The number of amides is 6. The molecule has 9 nitrogen and oxygen atoms in total. The number of nitrogens with zero attached hydrogens (tertiary/aromatic N) is 4. The third-order valence-corrected chi connectivity index (χ3v) is 7.42. The van der Waals surface area contributed by atoms with E-state index in [0.29, 0.717) is 19.6 Å². The van der Waals surface area contributed by atoms with Crippen molar-refractivity contribution in [2.45, 2.75) is 86.0 Å². The maximum absolute atomic E-state index is 12.3. The topological polar surface area (TPSA) is 90.5 Å². The SMILES string of the molecule is C=CN1CC(=O)N(CC(C)(C)CCCCOCCCCC(C)(C)CCCN2C(=O)CN(CC)C2=O)C1=O. The van der Waals surface area contributed by atoms with E-state index < -0.39 is 0 Å². The standard InChI is InChI=1S/C28H48N4O5/c1-7-29-20-23(33)31(25(29)35)17-13-16-27(3,4)14-9-11-18-37-19-12-10-15-28(5,6)22-32-24(34)21-30(8-2)26(32)36/h8H,2,7,9-22H2,1,3-6H3. The summed E-state index contributed by atoms with van der Waals surface area (Å²) in [4.78, 5) is 54.3. The summed E-state index contributed by atoms with van der Waals surface area (Å²) < 4.78 is 5.83. The highest BCUT2D eigenvalue weighted by molar-refractivity contribution is 6.02. The minimum atomic E-state index is -0.278. The van der Waals surface area contributed by atoms with Gasteiger partial charge in [-0.3, -0.25) is 24.3 Å². The molecule has 6 amide bonds. The van der Waals surface area contributed by atoms with Gasteiger partial charge in [0, 0.05) is 39.0 Å². The van der Waals surface area contributed by atoms with Gasteiger partial charge >= 0.3 is 12.1 Å². The number of urea groups is 2. The predicted octanol–water partition coefficient (Wildman–Crippen LogP) is 4.87. The molecule has 37 heavy (non-hydrogen) atoms. The first-order valence-corrected chi connectivity index (χ1v) is 13.8. The van der Waals surface area contributed by atoms with Gasteiger partial charge < -0.3 is 9.64 Å². The molecular weight excluding hydrogens is 472 g/mol. The molecule has 2 saturated heterocycles. The Balaban J connectivity index is 1.51. The van der Waals surface area contributed by atoms with Crippen LogP contribution in [0.15, 0.2) is 12.8 Å². The summed E-state index contributed by atoms with van der Waals surface area (Å²) in [6, 6.07) is -0.428. The van der Waals surface area contributed by atoms with Crippen molar-refractivity contribution in [2.75, 3.05) is 45.9 Å². The number of likely N-dealkylation sites (N-methyl/N-ethyl adjacent to an activating group) is 1. The maximum Gasteiger partial charge on any atom is 0.331 e. The normalized spacial score (nSPS) is 17.1. The molecule has 0 N–H and O–H groups in total. The number of unbranched alkanes of at least 4 members (excludes halogenated alkanes) is 2. The highest BCUT2D eigenvalue weighted by atomic mass is 16.5. The highest BCUT2D eigenvalue weighted by Gasteiger charge is 2.38. The van der Waals surface area contributed by atoms with Gasteiger partial charge in [0.25, 0.3) is 5.91 Å². The Bertz CT molecular complexity index is 825. The second-order valence-electron chi connectivity index (χ2n) is 11.9. The second-order valence-corrected chi connectivity index (χ2v) is 11.9. The van der Waals surface area contributed by atoms with Crippen LogP contribution < -0.4 is 0 Å². The Morgan fingerprint density at radius 1 is 0.784 bits per heavy atom. The third-order valence-electron chi connectivity index (χ3n) is 7.42. The van der Waals surface area contributed by atoms with Gasteiger partial charge in [-0.15, -0.1) is 0 Å². The highest BCUT2D eigenvalue weighted by Crippen LogP contribution is 2.30. The quantitative estimate of drug-likeness (QED) is 0.190. The minimum absolute atomic E-state index is 0.0815. The van der Waals surface area contributed by atoms with Crippen LogP contribution in [0.2, 0.25) is 0 Å². The summed E-state index contributed by atoms with van der Waals surface area (Å²) in [5.74, 6) is -0.244. The van der Waals surface area contributed by atoms with Crippen molar-refractivity contribution in [3.8, 4) is 0 Å². The van der Waals surface area contributed by atoms with E-state index in [-0.39, 0.29) is 47.8 Å². The average Bonchev–Trinajstić information content (AvgIpc) is 3.26. The molecule has 0 atom stereocenters. The van der Waals surface area contributed by atoms with E-state index in [4.69, 9.17) is 4.74 Å².